The van der Waals surface area contributed by atoms with Crippen LogP contribution >= 0.6 is 0 Å². The number of hydrogen-bond donors (Lipinski definition) is 0. The molecule has 1 heterocycles. The molecule has 0 bridgehead atoms. The highest BCUT2D eigenvalue weighted by Crippen LogP contribution is 2.52. The number of anilines is 1. The molecule has 0 spiro atoms. The van der Waals surface area contributed by atoms with Crippen molar-refractivity contribution in [3.05, 3.63) is 142 Å². The molecule has 2 unspecified atom stereocenters. The number of nitrogens with zero attached hydrogens (tertiary/aromatic N) is 1. The van der Waals surface area contributed by atoms with E-state index in [1.165, 1.54) is 61.1 Å². The quantitative estimate of drug-likeness (QED) is 0.259. The predicted octanol–water partition coefficient (Wildman–Crippen LogP) is 9.69. The Morgan fingerprint density at radius 3 is 2.31 bits per heavy atom. The van der Waals surface area contributed by atoms with Crippen molar-refractivity contribution in [3.63, 3.8) is 0 Å². The van der Waals surface area contributed by atoms with Crippen molar-refractivity contribution >= 4 is 22.0 Å². The maximum atomic E-state index is 2.44. The highest BCUT2D eigenvalue weighted by Gasteiger charge is 2.41. The van der Waals surface area contributed by atoms with Gasteiger partial charge in [-0.2, -0.15) is 0 Å². The van der Waals surface area contributed by atoms with Gasteiger partial charge >= 0.3 is 0 Å². The fourth-order valence-electron chi connectivity index (χ4n) is 7.26. The molecule has 4 aromatic carbocycles. The molecule has 4 aromatic rings. The van der Waals surface area contributed by atoms with Crippen molar-refractivity contribution < 1.29 is 0 Å². The average Bonchev–Trinajstić information content (AvgIpc) is 3.29. The van der Waals surface area contributed by atoms with E-state index < -0.39 is 0 Å². The summed E-state index contributed by atoms with van der Waals surface area (Å²) in [5.41, 5.74) is 12.4. The zero-order chi connectivity index (χ0) is 27.4. The highest BCUT2D eigenvalue weighted by molar-refractivity contribution is 5.99. The monoisotopic (exact) mass is 509 g/mol. The Morgan fingerprint density at radius 1 is 0.795 bits per heavy atom. The summed E-state index contributed by atoms with van der Waals surface area (Å²) >= 11 is 0. The molecule has 39 heavy (non-hydrogen) atoms. The Labute approximate surface area is 234 Å². The topological polar surface area (TPSA) is 3.24 Å². The minimum atomic E-state index is -0.102. The summed E-state index contributed by atoms with van der Waals surface area (Å²) in [5, 5.41) is 2.66. The second-order valence-corrected chi connectivity index (χ2v) is 11.9. The molecule has 2 atom stereocenters. The van der Waals surface area contributed by atoms with Gasteiger partial charge in [-0.1, -0.05) is 110 Å². The first-order valence-corrected chi connectivity index (χ1v) is 14.3. The fraction of sp³-hybridized carbons (Fsp3) is 0.263. The smallest absolute Gasteiger partial charge is 0.0448 e. The molecule has 1 aliphatic heterocycles. The molecule has 0 radical (unpaired) electrons. The number of benzene rings is 4. The fourth-order valence-corrected chi connectivity index (χ4v) is 7.26. The van der Waals surface area contributed by atoms with Gasteiger partial charge in [0.05, 0.1) is 0 Å². The van der Waals surface area contributed by atoms with Crippen LogP contribution in [0.15, 0.2) is 114 Å². The van der Waals surface area contributed by atoms with Crippen LogP contribution in [0.4, 0.5) is 5.69 Å². The molecule has 1 nitrogen and oxygen atoms in total. The first-order valence-electron chi connectivity index (χ1n) is 14.3. The van der Waals surface area contributed by atoms with E-state index in [-0.39, 0.29) is 10.8 Å². The van der Waals surface area contributed by atoms with E-state index in [4.69, 9.17) is 0 Å². The Hall–Kier alpha value is -3.84. The van der Waals surface area contributed by atoms with E-state index in [2.05, 4.69) is 150 Å². The Balaban J connectivity index is 1.47. The first-order chi connectivity index (χ1) is 18.8. The molecule has 2 aliphatic rings. The van der Waals surface area contributed by atoms with Crippen LogP contribution in [0.25, 0.3) is 16.3 Å². The predicted molar refractivity (Wildman–Crippen MR) is 168 cm³/mol. The zero-order valence-electron chi connectivity index (χ0n) is 24.2. The molecule has 0 aromatic heterocycles. The molecule has 6 rings (SSSR count). The lowest BCUT2D eigenvalue weighted by atomic mass is 9.74. The van der Waals surface area contributed by atoms with Gasteiger partial charge in [0.1, 0.15) is 0 Å². The van der Waals surface area contributed by atoms with Crippen LogP contribution in [0.1, 0.15) is 61.9 Å². The number of likely N-dealkylation sites (N-methyl/N-ethyl adjacent to an activating group) is 1. The van der Waals surface area contributed by atoms with Gasteiger partial charge in [-0.15, -0.1) is 0 Å². The maximum absolute atomic E-state index is 2.44. The summed E-state index contributed by atoms with van der Waals surface area (Å²) in [7, 11) is 2.22. The lowest BCUT2D eigenvalue weighted by molar-refractivity contribution is 0.550. The number of rotatable bonds is 5. The molecule has 0 fully saturated rings. The van der Waals surface area contributed by atoms with E-state index in [0.29, 0.717) is 0 Å². The summed E-state index contributed by atoms with van der Waals surface area (Å²) in [6.45, 7) is 11.7. The summed E-state index contributed by atoms with van der Waals surface area (Å²) in [6, 6.07) is 31.4. The van der Waals surface area contributed by atoms with Crippen LogP contribution in [-0.4, -0.2) is 7.05 Å². The number of aryl methyl sites for hydroxylation is 1. The van der Waals surface area contributed by atoms with E-state index in [0.717, 1.165) is 12.8 Å². The lowest BCUT2D eigenvalue weighted by Crippen LogP contribution is -2.25. The van der Waals surface area contributed by atoms with Crippen molar-refractivity contribution in [2.45, 2.75) is 58.3 Å². The molecule has 0 N–H and O–H groups in total. The number of allylic oxidation sites excluding steroid dienone is 6. The van der Waals surface area contributed by atoms with Gasteiger partial charge in [0, 0.05) is 29.3 Å². The van der Waals surface area contributed by atoms with Gasteiger partial charge in [0.25, 0.3) is 0 Å². The minimum Gasteiger partial charge on any atom is -0.347 e. The SMILES string of the molecule is CCC1(C)/C(=C\C=C\C2=C(C)c3c(ccc4ccccc34)C2(C)Cc2ccccc2)N(C)c2ccc(C)cc21. The maximum Gasteiger partial charge on any atom is 0.0448 e. The van der Waals surface area contributed by atoms with Crippen molar-refractivity contribution in [2.24, 2.45) is 0 Å². The molecule has 0 amide bonds. The van der Waals surface area contributed by atoms with Crippen LogP contribution in [0.5, 0.6) is 0 Å². The van der Waals surface area contributed by atoms with Crippen LogP contribution in [0, 0.1) is 6.92 Å². The molecule has 0 saturated heterocycles. The van der Waals surface area contributed by atoms with Crippen LogP contribution < -0.4 is 4.90 Å². The summed E-state index contributed by atoms with van der Waals surface area (Å²) in [6.07, 6.45) is 9.12. The van der Waals surface area contributed by atoms with E-state index in [1.54, 1.807) is 0 Å². The van der Waals surface area contributed by atoms with E-state index in [1.807, 2.05) is 0 Å². The van der Waals surface area contributed by atoms with E-state index in [9.17, 15) is 0 Å². The van der Waals surface area contributed by atoms with Gasteiger partial charge in [-0.3, -0.25) is 0 Å². The molecular formula is C38H39N. The van der Waals surface area contributed by atoms with Gasteiger partial charge in [0.2, 0.25) is 0 Å². The Kier molecular flexibility index (Phi) is 6.14. The van der Waals surface area contributed by atoms with Crippen molar-refractivity contribution in [1.29, 1.82) is 0 Å². The van der Waals surface area contributed by atoms with Crippen LogP contribution in [0.2, 0.25) is 0 Å². The summed E-state index contributed by atoms with van der Waals surface area (Å²) in [4.78, 5) is 2.39. The van der Waals surface area contributed by atoms with Crippen molar-refractivity contribution in [2.75, 3.05) is 11.9 Å². The molecule has 1 heteroatoms. The number of hydrogen-bond acceptors (Lipinski definition) is 1. The van der Waals surface area contributed by atoms with Crippen molar-refractivity contribution in [1.82, 2.24) is 0 Å². The third-order valence-electron chi connectivity index (χ3n) is 9.56. The molecule has 0 saturated carbocycles. The Morgan fingerprint density at radius 2 is 1.54 bits per heavy atom. The summed E-state index contributed by atoms with van der Waals surface area (Å²) < 4.78 is 0. The average molecular weight is 510 g/mol. The minimum absolute atomic E-state index is 0.00600. The standard InChI is InChI=1S/C38H39N/c1-7-37(4)33-24-26(2)20-23-34(33)39(6)35(37)19-13-18-31-27(3)36-30-17-12-11-16-29(30)21-22-32(36)38(31,5)25-28-14-9-8-10-15-28/h8-24H,7,25H2,1-6H3/b18-13+,35-19+. The summed E-state index contributed by atoms with van der Waals surface area (Å²) in [5.74, 6) is 0. The second kappa shape index (κ2) is 9.42. The normalized spacial score (nSPS) is 23.3. The van der Waals surface area contributed by atoms with Gasteiger partial charge in [-0.05, 0) is 89.9 Å². The number of fused-ring (bicyclic) bond motifs is 4. The first kappa shape index (κ1) is 25.4. The second-order valence-electron chi connectivity index (χ2n) is 11.9. The molecule has 1 aliphatic carbocycles. The zero-order valence-corrected chi connectivity index (χ0v) is 24.2. The van der Waals surface area contributed by atoms with E-state index >= 15 is 0 Å². The highest BCUT2D eigenvalue weighted by atomic mass is 15.2. The third-order valence-corrected chi connectivity index (χ3v) is 9.56. The lowest BCUT2D eigenvalue weighted by Gasteiger charge is -2.29. The third kappa shape index (κ3) is 3.90. The van der Waals surface area contributed by atoms with Crippen LogP contribution in [-0.2, 0) is 17.3 Å². The Bertz CT molecular complexity index is 1670. The molecular weight excluding hydrogens is 470 g/mol. The van der Waals surface area contributed by atoms with Gasteiger partial charge in [-0.25, -0.2) is 0 Å². The van der Waals surface area contributed by atoms with Crippen LogP contribution in [0.3, 0.4) is 0 Å². The molecule has 196 valence electrons. The van der Waals surface area contributed by atoms with Gasteiger partial charge in [0.15, 0.2) is 0 Å². The largest absolute Gasteiger partial charge is 0.347 e. The van der Waals surface area contributed by atoms with Crippen molar-refractivity contribution in [3.8, 4) is 0 Å². The van der Waals surface area contributed by atoms with Gasteiger partial charge < -0.3 is 4.90 Å².